The van der Waals surface area contributed by atoms with Gasteiger partial charge in [0.2, 0.25) is 11.8 Å². The molecule has 8 heteroatoms. The Kier molecular flexibility index (Phi) is 5.74. The van der Waals surface area contributed by atoms with Crippen LogP contribution in [0.4, 0.5) is 4.79 Å². The first kappa shape index (κ1) is 22.8. The molecule has 2 saturated carbocycles. The zero-order valence-corrected chi connectivity index (χ0v) is 20.0. The van der Waals surface area contributed by atoms with Crippen LogP contribution in [0.1, 0.15) is 83.0 Å². The zero-order chi connectivity index (χ0) is 24.8. The summed E-state index contributed by atoms with van der Waals surface area (Å²) < 4.78 is 5.61. The third-order valence-electron chi connectivity index (χ3n) is 7.85. The Hall–Kier alpha value is -3.68. The molecule has 36 heavy (non-hydrogen) atoms. The Morgan fingerprint density at radius 2 is 1.75 bits per heavy atom. The van der Waals surface area contributed by atoms with E-state index in [9.17, 15) is 19.2 Å². The van der Waals surface area contributed by atoms with Crippen molar-refractivity contribution >= 4 is 23.8 Å². The fraction of sp³-hybridized carbons (Fsp3) is 0.429. The van der Waals surface area contributed by atoms with E-state index in [2.05, 4.69) is 34.9 Å². The largest absolute Gasteiger partial charge is 0.446 e. The van der Waals surface area contributed by atoms with Crippen LogP contribution in [0.15, 0.2) is 42.5 Å². The molecule has 0 bridgehead atoms. The molecule has 186 valence electrons. The molecule has 2 aliphatic heterocycles. The van der Waals surface area contributed by atoms with Gasteiger partial charge in [-0.2, -0.15) is 0 Å². The topological polar surface area (TPSA) is 105 Å². The molecule has 2 N–H and O–H groups in total. The van der Waals surface area contributed by atoms with Crippen LogP contribution in [-0.4, -0.2) is 40.9 Å². The minimum absolute atomic E-state index is 0.0778. The first-order valence-electron chi connectivity index (χ1n) is 12.8. The van der Waals surface area contributed by atoms with Crippen molar-refractivity contribution < 1.29 is 23.9 Å². The van der Waals surface area contributed by atoms with E-state index in [1.807, 2.05) is 12.1 Å². The highest BCUT2D eigenvalue weighted by Gasteiger charge is 2.39. The van der Waals surface area contributed by atoms with Gasteiger partial charge in [-0.3, -0.25) is 19.7 Å². The number of nitrogens with one attached hydrogen (secondary N) is 2. The third kappa shape index (κ3) is 4.36. The van der Waals surface area contributed by atoms with Crippen LogP contribution in [0.3, 0.4) is 0 Å². The fourth-order valence-electron chi connectivity index (χ4n) is 5.64. The Labute approximate surface area is 209 Å². The van der Waals surface area contributed by atoms with E-state index in [0.29, 0.717) is 30.4 Å². The van der Waals surface area contributed by atoms with E-state index in [1.165, 1.54) is 28.9 Å². The summed E-state index contributed by atoms with van der Waals surface area (Å²) in [5, 5.41) is 5.11. The van der Waals surface area contributed by atoms with Crippen molar-refractivity contribution in [1.82, 2.24) is 15.5 Å². The van der Waals surface area contributed by atoms with Gasteiger partial charge < -0.3 is 15.0 Å². The number of hydrogen-bond acceptors (Lipinski definition) is 5. The van der Waals surface area contributed by atoms with Crippen molar-refractivity contribution in [3.8, 4) is 0 Å². The molecular weight excluding hydrogens is 458 g/mol. The van der Waals surface area contributed by atoms with Crippen molar-refractivity contribution in [1.29, 1.82) is 0 Å². The summed E-state index contributed by atoms with van der Waals surface area (Å²) in [6, 6.07) is 13.5. The predicted molar refractivity (Wildman–Crippen MR) is 130 cm³/mol. The van der Waals surface area contributed by atoms with E-state index >= 15 is 0 Å². The van der Waals surface area contributed by atoms with E-state index < -0.39 is 18.0 Å². The average molecular weight is 488 g/mol. The quantitative estimate of drug-likeness (QED) is 0.607. The smallest absolute Gasteiger partial charge is 0.407 e. The first-order valence-corrected chi connectivity index (χ1v) is 12.8. The highest BCUT2D eigenvalue weighted by Crippen LogP contribution is 2.47. The Balaban J connectivity index is 1.00. The lowest BCUT2D eigenvalue weighted by Gasteiger charge is -2.36. The van der Waals surface area contributed by atoms with E-state index in [-0.39, 0.29) is 30.9 Å². The molecule has 0 radical (unpaired) electrons. The van der Waals surface area contributed by atoms with E-state index in [0.717, 1.165) is 24.0 Å². The minimum atomic E-state index is -0.637. The van der Waals surface area contributed by atoms with Gasteiger partial charge in [0.15, 0.2) is 0 Å². The molecule has 1 saturated heterocycles. The molecule has 0 spiro atoms. The second-order valence-corrected chi connectivity index (χ2v) is 10.3. The van der Waals surface area contributed by atoms with E-state index in [1.54, 1.807) is 6.07 Å². The van der Waals surface area contributed by atoms with Gasteiger partial charge in [0.25, 0.3) is 5.91 Å². The second-order valence-electron chi connectivity index (χ2n) is 10.3. The number of benzene rings is 2. The Morgan fingerprint density at radius 3 is 2.47 bits per heavy atom. The first-order chi connectivity index (χ1) is 17.5. The molecule has 6 rings (SSSR count). The van der Waals surface area contributed by atoms with Gasteiger partial charge in [0, 0.05) is 25.1 Å². The molecule has 2 aromatic carbocycles. The molecule has 2 aliphatic carbocycles. The van der Waals surface area contributed by atoms with Crippen molar-refractivity contribution in [3.05, 3.63) is 70.3 Å². The van der Waals surface area contributed by atoms with Crippen LogP contribution in [0.2, 0.25) is 0 Å². The van der Waals surface area contributed by atoms with Crippen LogP contribution in [0.25, 0.3) is 0 Å². The molecule has 3 fully saturated rings. The maximum absolute atomic E-state index is 13.0. The molecule has 1 atom stereocenters. The maximum Gasteiger partial charge on any atom is 0.407 e. The number of hydrogen-bond donors (Lipinski definition) is 2. The highest BCUT2D eigenvalue weighted by atomic mass is 16.6. The standard InChI is InChI=1S/C28H29N3O5/c32-25-10-9-24(26(33)30-25)31-15-18-6-5-16(11-23(18)27(31)34)14-29-28(35)36-20-12-19(13-20)22-4-2-1-3-21(22)17-7-8-17/h1-6,11,17,19-20,24H,7-10,12-15H2,(H,29,35)(H,30,32,33). The molecule has 8 nitrogen and oxygen atoms in total. The number of nitrogens with zero attached hydrogens (tertiary/aromatic N) is 1. The average Bonchev–Trinajstić information content (AvgIpc) is 3.64. The number of ether oxygens (including phenoxy) is 1. The predicted octanol–water partition coefficient (Wildman–Crippen LogP) is 3.50. The molecule has 4 amide bonds. The normalized spacial score (nSPS) is 25.2. The number of fused-ring (bicyclic) bond motifs is 1. The summed E-state index contributed by atoms with van der Waals surface area (Å²) in [7, 11) is 0. The van der Waals surface area contributed by atoms with Crippen molar-refractivity contribution in [2.45, 2.75) is 75.6 Å². The SMILES string of the molecule is O=C1CCC(N2Cc3ccc(CNC(=O)OC4CC(c5ccccc5C5CC5)C4)cc3C2=O)C(=O)N1. The lowest BCUT2D eigenvalue weighted by atomic mass is 9.75. The lowest BCUT2D eigenvalue weighted by molar-refractivity contribution is -0.136. The molecular formula is C28H29N3O5. The Morgan fingerprint density at radius 1 is 1.00 bits per heavy atom. The second kappa shape index (κ2) is 9.08. The van der Waals surface area contributed by atoms with Gasteiger partial charge in [0.05, 0.1) is 0 Å². The lowest BCUT2D eigenvalue weighted by Crippen LogP contribution is -2.52. The van der Waals surface area contributed by atoms with Gasteiger partial charge >= 0.3 is 6.09 Å². The van der Waals surface area contributed by atoms with Crippen molar-refractivity contribution in [2.24, 2.45) is 0 Å². The zero-order valence-electron chi connectivity index (χ0n) is 20.0. The molecule has 2 heterocycles. The number of rotatable bonds is 6. The van der Waals surface area contributed by atoms with Crippen LogP contribution in [-0.2, 0) is 27.4 Å². The summed E-state index contributed by atoms with van der Waals surface area (Å²) in [4.78, 5) is 50.5. The van der Waals surface area contributed by atoms with Gasteiger partial charge in [-0.15, -0.1) is 0 Å². The third-order valence-corrected chi connectivity index (χ3v) is 7.85. The number of amides is 4. The molecule has 1 unspecified atom stereocenters. The van der Waals surface area contributed by atoms with Crippen molar-refractivity contribution in [3.63, 3.8) is 0 Å². The number of carbonyl (C=O) groups excluding carboxylic acids is 4. The maximum atomic E-state index is 13.0. The number of piperidine rings is 1. The molecule has 0 aromatic heterocycles. The van der Waals surface area contributed by atoms with Gasteiger partial charge in [-0.05, 0) is 72.3 Å². The summed E-state index contributed by atoms with van der Waals surface area (Å²) >= 11 is 0. The highest BCUT2D eigenvalue weighted by molar-refractivity contribution is 6.05. The summed E-state index contributed by atoms with van der Waals surface area (Å²) in [6.45, 7) is 0.585. The van der Waals surface area contributed by atoms with Crippen LogP contribution in [0.5, 0.6) is 0 Å². The molecule has 2 aromatic rings. The van der Waals surface area contributed by atoms with E-state index in [4.69, 9.17) is 4.74 Å². The van der Waals surface area contributed by atoms with Crippen molar-refractivity contribution in [2.75, 3.05) is 0 Å². The Bertz CT molecular complexity index is 1250. The number of imide groups is 1. The minimum Gasteiger partial charge on any atom is -0.446 e. The number of carbonyl (C=O) groups is 4. The van der Waals surface area contributed by atoms with Gasteiger partial charge in [-0.1, -0.05) is 36.4 Å². The summed E-state index contributed by atoms with van der Waals surface area (Å²) in [5.41, 5.74) is 5.03. The monoisotopic (exact) mass is 487 g/mol. The van der Waals surface area contributed by atoms with Gasteiger partial charge in [-0.25, -0.2) is 4.79 Å². The molecule has 4 aliphatic rings. The summed E-state index contributed by atoms with van der Waals surface area (Å²) in [5.74, 6) is 0.206. The summed E-state index contributed by atoms with van der Waals surface area (Å²) in [6.07, 6.45) is 4.27. The van der Waals surface area contributed by atoms with Crippen LogP contribution in [0, 0.1) is 0 Å². The van der Waals surface area contributed by atoms with Crippen LogP contribution >= 0.6 is 0 Å². The fourth-order valence-corrected chi connectivity index (χ4v) is 5.64. The van der Waals surface area contributed by atoms with Gasteiger partial charge in [0.1, 0.15) is 12.1 Å². The van der Waals surface area contributed by atoms with Crippen LogP contribution < -0.4 is 10.6 Å². The number of alkyl carbamates (subject to hydrolysis) is 1.